The molecule has 0 unspecified atom stereocenters. The van der Waals surface area contributed by atoms with Gasteiger partial charge < -0.3 is 15.4 Å². The number of carbonyl (C=O) groups is 1. The summed E-state index contributed by atoms with van der Waals surface area (Å²) >= 11 is 0. The molecule has 6 nitrogen and oxygen atoms in total. The Morgan fingerprint density at radius 3 is 2.61 bits per heavy atom. The number of carbonyl (C=O) groups excluding carboxylic acids is 1. The fourth-order valence-corrected chi connectivity index (χ4v) is 1.65. The van der Waals surface area contributed by atoms with Gasteiger partial charge in [0.25, 0.3) is 0 Å². The van der Waals surface area contributed by atoms with Crippen molar-refractivity contribution in [3.63, 3.8) is 0 Å². The molecule has 0 saturated carbocycles. The number of hydrogen-bond acceptors (Lipinski definition) is 6. The van der Waals surface area contributed by atoms with Gasteiger partial charge in [-0.05, 0) is 12.8 Å². The molecule has 0 aliphatic rings. The first kappa shape index (κ1) is 14.2. The average molecular weight is 252 g/mol. The summed E-state index contributed by atoms with van der Waals surface area (Å²) in [6.07, 6.45) is 1.46. The van der Waals surface area contributed by atoms with E-state index in [1.54, 1.807) is 6.92 Å². The van der Waals surface area contributed by atoms with Gasteiger partial charge in [0.15, 0.2) is 0 Å². The highest BCUT2D eigenvalue weighted by atomic mass is 16.5. The first-order chi connectivity index (χ1) is 8.60. The summed E-state index contributed by atoms with van der Waals surface area (Å²) in [5.41, 5.74) is 0.962. The molecule has 0 spiro atoms. The maximum atomic E-state index is 11.3. The Morgan fingerprint density at radius 1 is 1.39 bits per heavy atom. The number of ether oxygens (including phenoxy) is 1. The van der Waals surface area contributed by atoms with Crippen molar-refractivity contribution in [2.75, 3.05) is 30.8 Å². The third-order valence-electron chi connectivity index (χ3n) is 2.40. The van der Waals surface area contributed by atoms with Gasteiger partial charge in [0.1, 0.15) is 24.5 Å². The van der Waals surface area contributed by atoms with Crippen LogP contribution in [0.4, 0.5) is 11.6 Å². The number of nitrogens with one attached hydrogen (secondary N) is 2. The van der Waals surface area contributed by atoms with E-state index in [-0.39, 0.29) is 18.4 Å². The van der Waals surface area contributed by atoms with Crippen LogP contribution in [0.1, 0.15) is 32.3 Å². The van der Waals surface area contributed by atoms with E-state index in [4.69, 9.17) is 4.74 Å². The van der Waals surface area contributed by atoms with Crippen LogP contribution < -0.4 is 10.6 Å². The highest BCUT2D eigenvalue weighted by Gasteiger charge is 2.14. The summed E-state index contributed by atoms with van der Waals surface area (Å²) < 4.78 is 4.86. The minimum Gasteiger partial charge on any atom is -0.465 e. The predicted molar refractivity (Wildman–Crippen MR) is 70.8 cm³/mol. The van der Waals surface area contributed by atoms with Gasteiger partial charge >= 0.3 is 5.97 Å². The molecule has 0 amide bonds. The molecule has 6 heteroatoms. The van der Waals surface area contributed by atoms with Crippen LogP contribution in [-0.2, 0) is 9.53 Å². The minimum absolute atomic E-state index is 0.105. The lowest BCUT2D eigenvalue weighted by atomic mass is 10.0. The largest absolute Gasteiger partial charge is 0.465 e. The Bertz CT molecular complexity index is 407. The number of aromatic nitrogens is 2. The molecule has 1 aromatic heterocycles. The lowest BCUT2D eigenvalue weighted by molar-refractivity contribution is -0.140. The molecule has 0 atom stereocenters. The molecule has 1 aromatic rings. The summed E-state index contributed by atoms with van der Waals surface area (Å²) in [7, 11) is 1.81. The highest BCUT2D eigenvalue weighted by Crippen LogP contribution is 2.27. The molecule has 0 saturated heterocycles. The van der Waals surface area contributed by atoms with Gasteiger partial charge in [0, 0.05) is 12.6 Å². The summed E-state index contributed by atoms with van der Waals surface area (Å²) in [6.45, 7) is 6.36. The molecule has 0 radical (unpaired) electrons. The molecule has 100 valence electrons. The summed E-state index contributed by atoms with van der Waals surface area (Å²) in [4.78, 5) is 19.6. The van der Waals surface area contributed by atoms with Crippen molar-refractivity contribution in [2.45, 2.75) is 26.7 Å². The Balaban J connectivity index is 2.84. The molecule has 0 fully saturated rings. The summed E-state index contributed by atoms with van der Waals surface area (Å²) in [6, 6.07) is 0. The number of rotatable bonds is 6. The van der Waals surface area contributed by atoms with Crippen LogP contribution in [0.15, 0.2) is 6.33 Å². The smallest absolute Gasteiger partial charge is 0.325 e. The predicted octanol–water partition coefficient (Wildman–Crippen LogP) is 1.62. The van der Waals surface area contributed by atoms with Gasteiger partial charge in [-0.2, -0.15) is 0 Å². The van der Waals surface area contributed by atoms with Gasteiger partial charge in [-0.15, -0.1) is 0 Å². The number of esters is 1. The number of hydrogen-bond donors (Lipinski definition) is 2. The molecule has 2 N–H and O–H groups in total. The van der Waals surface area contributed by atoms with Crippen molar-refractivity contribution in [1.29, 1.82) is 0 Å². The molecule has 1 rings (SSSR count). The van der Waals surface area contributed by atoms with E-state index < -0.39 is 0 Å². The van der Waals surface area contributed by atoms with Crippen LogP contribution in [0.2, 0.25) is 0 Å². The monoisotopic (exact) mass is 252 g/mol. The first-order valence-electron chi connectivity index (χ1n) is 6.02. The third-order valence-corrected chi connectivity index (χ3v) is 2.40. The van der Waals surface area contributed by atoms with Gasteiger partial charge in [-0.1, -0.05) is 13.8 Å². The number of nitrogens with zero attached hydrogens (tertiary/aromatic N) is 2. The quantitative estimate of drug-likeness (QED) is 0.749. The third kappa shape index (κ3) is 3.58. The fourth-order valence-electron chi connectivity index (χ4n) is 1.65. The Morgan fingerprint density at radius 2 is 2.06 bits per heavy atom. The standard InChI is InChI=1S/C12H20N4O2/c1-5-18-9(17)6-14-12-10(8(2)3)11(13-4)15-7-16-12/h7-8H,5-6H2,1-4H3,(H2,13,14,15,16). The Kier molecular flexibility index (Phi) is 5.35. The average Bonchev–Trinajstić information content (AvgIpc) is 2.35. The van der Waals surface area contributed by atoms with Crippen molar-refractivity contribution in [2.24, 2.45) is 0 Å². The van der Waals surface area contributed by atoms with Gasteiger partial charge in [0.2, 0.25) is 0 Å². The SMILES string of the molecule is CCOC(=O)CNc1ncnc(NC)c1C(C)C. The molecule has 0 bridgehead atoms. The Hall–Kier alpha value is -1.85. The van der Waals surface area contributed by atoms with Gasteiger partial charge in [0.05, 0.1) is 6.61 Å². The second-order valence-electron chi connectivity index (χ2n) is 4.05. The van der Waals surface area contributed by atoms with Crippen LogP contribution in [0.25, 0.3) is 0 Å². The molecular weight excluding hydrogens is 232 g/mol. The van der Waals surface area contributed by atoms with E-state index in [9.17, 15) is 4.79 Å². The summed E-state index contributed by atoms with van der Waals surface area (Å²) in [5, 5.41) is 6.01. The Labute approximate surface area is 107 Å². The van der Waals surface area contributed by atoms with E-state index in [0.717, 1.165) is 11.4 Å². The highest BCUT2D eigenvalue weighted by molar-refractivity contribution is 5.75. The van der Waals surface area contributed by atoms with Crippen LogP contribution in [0, 0.1) is 0 Å². The minimum atomic E-state index is -0.295. The van der Waals surface area contributed by atoms with Crippen LogP contribution in [0.5, 0.6) is 0 Å². The van der Waals surface area contributed by atoms with Crippen LogP contribution in [0.3, 0.4) is 0 Å². The van der Waals surface area contributed by atoms with E-state index >= 15 is 0 Å². The van der Waals surface area contributed by atoms with Crippen molar-refractivity contribution in [1.82, 2.24) is 9.97 Å². The van der Waals surface area contributed by atoms with E-state index in [1.165, 1.54) is 6.33 Å². The van der Waals surface area contributed by atoms with Crippen LogP contribution >= 0.6 is 0 Å². The van der Waals surface area contributed by atoms with Gasteiger partial charge in [-0.25, -0.2) is 9.97 Å². The maximum absolute atomic E-state index is 11.3. The topological polar surface area (TPSA) is 76.1 Å². The molecule has 18 heavy (non-hydrogen) atoms. The first-order valence-corrected chi connectivity index (χ1v) is 6.02. The van der Waals surface area contributed by atoms with Gasteiger partial charge in [-0.3, -0.25) is 4.79 Å². The van der Waals surface area contributed by atoms with E-state index in [1.807, 2.05) is 7.05 Å². The van der Waals surface area contributed by atoms with Crippen molar-refractivity contribution in [3.8, 4) is 0 Å². The molecule has 0 aromatic carbocycles. The molecule has 0 aliphatic heterocycles. The fraction of sp³-hybridized carbons (Fsp3) is 0.583. The molecule has 1 heterocycles. The zero-order valence-electron chi connectivity index (χ0n) is 11.3. The lowest BCUT2D eigenvalue weighted by Gasteiger charge is -2.16. The molecular formula is C12H20N4O2. The number of anilines is 2. The zero-order chi connectivity index (χ0) is 13.5. The second kappa shape index (κ2) is 6.78. The van der Waals surface area contributed by atoms with Crippen molar-refractivity contribution < 1.29 is 9.53 Å². The van der Waals surface area contributed by atoms with E-state index in [0.29, 0.717) is 12.4 Å². The summed E-state index contributed by atoms with van der Waals surface area (Å²) in [5.74, 6) is 1.39. The van der Waals surface area contributed by atoms with Crippen molar-refractivity contribution >= 4 is 17.6 Å². The van der Waals surface area contributed by atoms with E-state index in [2.05, 4.69) is 34.4 Å². The zero-order valence-corrected chi connectivity index (χ0v) is 11.3. The van der Waals surface area contributed by atoms with Crippen molar-refractivity contribution in [3.05, 3.63) is 11.9 Å². The maximum Gasteiger partial charge on any atom is 0.325 e. The normalized spacial score (nSPS) is 10.3. The molecule has 0 aliphatic carbocycles. The second-order valence-corrected chi connectivity index (χ2v) is 4.05. The lowest BCUT2D eigenvalue weighted by Crippen LogP contribution is -2.19. The van der Waals surface area contributed by atoms with Crippen LogP contribution in [-0.4, -0.2) is 36.1 Å².